The average molecular weight is 424 g/mol. The zero-order valence-corrected chi connectivity index (χ0v) is 17.3. The molecule has 0 spiro atoms. The van der Waals surface area contributed by atoms with Crippen LogP contribution in [0.4, 0.5) is 13.2 Å². The average Bonchev–Trinajstić information content (AvgIpc) is 2.93. The van der Waals surface area contributed by atoms with E-state index in [0.717, 1.165) is 29.9 Å². The number of rotatable bonds is 5. The van der Waals surface area contributed by atoms with Gasteiger partial charge in [-0.1, -0.05) is 30.3 Å². The minimum atomic E-state index is -4.44. The molecule has 1 aromatic heterocycles. The van der Waals surface area contributed by atoms with Gasteiger partial charge in [0.1, 0.15) is 0 Å². The van der Waals surface area contributed by atoms with Crippen molar-refractivity contribution >= 4 is 22.5 Å². The van der Waals surface area contributed by atoms with Gasteiger partial charge in [0, 0.05) is 52.7 Å². The number of likely N-dealkylation sites (N-methyl/N-ethyl adjacent to an activating group) is 1. The fourth-order valence-electron chi connectivity index (χ4n) is 3.72. The molecule has 0 amide bonds. The summed E-state index contributed by atoms with van der Waals surface area (Å²) in [6.45, 7) is 6.71. The van der Waals surface area contributed by atoms with Crippen LogP contribution in [0.1, 0.15) is 24.6 Å². The van der Waals surface area contributed by atoms with Crippen LogP contribution in [-0.2, 0) is 19.5 Å². The second-order valence-electron chi connectivity index (χ2n) is 7.55. The third kappa shape index (κ3) is 4.54. The molecular weight excluding hydrogens is 399 g/mol. The number of aromatic nitrogens is 1. The molecule has 1 atom stereocenters. The number of nitrogens with zero attached hydrogens (tertiary/aromatic N) is 2. The lowest BCUT2D eigenvalue weighted by Gasteiger charge is -2.31. The largest absolute Gasteiger partial charge is 0.415 e. The van der Waals surface area contributed by atoms with Crippen molar-refractivity contribution in [2.75, 3.05) is 7.05 Å². The smallest absolute Gasteiger partial charge is 0.404 e. The number of halogens is 4. The van der Waals surface area contributed by atoms with E-state index in [1.54, 1.807) is 0 Å². The Balaban J connectivity index is 1.89. The monoisotopic (exact) mass is 423 g/mol. The standard InChI is InChI=1S/C22H25ClF3N3/c1-14(22(24,25)26)4-5-16(12-27)8-9-29-20-7-6-17(23)11-18(20)19-13-28(3)15(2)10-21(19)29/h4-7,11-12,15H,1,8-10,13,27H2,2-3H3/b5-4-,16-12+. The number of benzene rings is 1. The molecule has 1 aliphatic rings. The molecule has 0 saturated heterocycles. The number of alkyl halides is 3. The molecule has 1 aliphatic heterocycles. The Kier molecular flexibility index (Phi) is 6.15. The Morgan fingerprint density at radius 1 is 1.34 bits per heavy atom. The molecule has 3 rings (SSSR count). The van der Waals surface area contributed by atoms with E-state index >= 15 is 0 Å². The minimum absolute atomic E-state index is 0.403. The summed E-state index contributed by atoms with van der Waals surface area (Å²) in [5.74, 6) is 0. The third-order valence-corrected chi connectivity index (χ3v) is 5.83. The highest BCUT2D eigenvalue weighted by Crippen LogP contribution is 2.34. The molecule has 0 radical (unpaired) electrons. The summed E-state index contributed by atoms with van der Waals surface area (Å²) in [6, 6.07) is 6.27. The molecule has 7 heteroatoms. The molecule has 2 heterocycles. The van der Waals surface area contributed by atoms with Crippen LogP contribution in [0.15, 0.2) is 54.3 Å². The van der Waals surface area contributed by atoms with E-state index in [4.69, 9.17) is 17.3 Å². The maximum Gasteiger partial charge on any atom is 0.415 e. The SMILES string of the molecule is C=C(/C=C\C(=C/N)CCn1c2c(c3cc(Cl)ccc31)CN(C)C(C)C2)C(F)(F)F. The van der Waals surface area contributed by atoms with Crippen molar-refractivity contribution in [1.29, 1.82) is 0 Å². The summed E-state index contributed by atoms with van der Waals surface area (Å²) in [6.07, 6.45) is 0.695. The highest BCUT2D eigenvalue weighted by Gasteiger charge is 2.30. The van der Waals surface area contributed by atoms with Crippen molar-refractivity contribution in [3.05, 3.63) is 70.6 Å². The third-order valence-electron chi connectivity index (χ3n) is 5.60. The maximum absolute atomic E-state index is 12.7. The van der Waals surface area contributed by atoms with Crippen molar-refractivity contribution in [2.24, 2.45) is 5.73 Å². The fourth-order valence-corrected chi connectivity index (χ4v) is 3.89. The maximum atomic E-state index is 12.7. The van der Waals surface area contributed by atoms with E-state index in [0.29, 0.717) is 29.6 Å². The van der Waals surface area contributed by atoms with Crippen LogP contribution >= 0.6 is 11.6 Å². The van der Waals surface area contributed by atoms with Gasteiger partial charge >= 0.3 is 6.18 Å². The quantitative estimate of drug-likeness (QED) is 0.637. The van der Waals surface area contributed by atoms with E-state index in [-0.39, 0.29) is 0 Å². The van der Waals surface area contributed by atoms with Crippen LogP contribution in [0.3, 0.4) is 0 Å². The first kappa shape index (κ1) is 21.5. The van der Waals surface area contributed by atoms with Crippen LogP contribution < -0.4 is 5.73 Å². The number of allylic oxidation sites excluding steroid dienone is 4. The Hall–Kier alpha value is -2.18. The normalized spacial score (nSPS) is 18.6. The number of hydrogen-bond acceptors (Lipinski definition) is 2. The number of nitrogens with two attached hydrogens (primary N) is 1. The summed E-state index contributed by atoms with van der Waals surface area (Å²) in [7, 11) is 2.11. The molecule has 156 valence electrons. The van der Waals surface area contributed by atoms with Crippen molar-refractivity contribution in [2.45, 2.75) is 45.1 Å². The molecule has 2 aromatic rings. The molecular formula is C22H25ClF3N3. The second kappa shape index (κ2) is 8.28. The first-order valence-corrected chi connectivity index (χ1v) is 9.84. The molecule has 0 bridgehead atoms. The summed E-state index contributed by atoms with van der Waals surface area (Å²) >= 11 is 6.24. The predicted octanol–water partition coefficient (Wildman–Crippen LogP) is 5.58. The Bertz CT molecular complexity index is 985. The highest BCUT2D eigenvalue weighted by molar-refractivity contribution is 6.31. The Morgan fingerprint density at radius 2 is 2.07 bits per heavy atom. The topological polar surface area (TPSA) is 34.2 Å². The molecule has 0 saturated carbocycles. The summed E-state index contributed by atoms with van der Waals surface area (Å²) in [4.78, 5) is 2.31. The van der Waals surface area contributed by atoms with Gasteiger partial charge < -0.3 is 10.3 Å². The van der Waals surface area contributed by atoms with Crippen LogP contribution in [0.2, 0.25) is 5.02 Å². The van der Waals surface area contributed by atoms with Crippen LogP contribution in [-0.4, -0.2) is 28.7 Å². The summed E-state index contributed by atoms with van der Waals surface area (Å²) < 4.78 is 40.2. The van der Waals surface area contributed by atoms with Crippen molar-refractivity contribution in [3.8, 4) is 0 Å². The van der Waals surface area contributed by atoms with Crippen LogP contribution in [0.5, 0.6) is 0 Å². The van der Waals surface area contributed by atoms with Crippen molar-refractivity contribution in [3.63, 3.8) is 0 Å². The first-order chi connectivity index (χ1) is 13.6. The minimum Gasteiger partial charge on any atom is -0.404 e. The van der Waals surface area contributed by atoms with Gasteiger partial charge in [0.15, 0.2) is 0 Å². The van der Waals surface area contributed by atoms with E-state index in [2.05, 4.69) is 30.0 Å². The lowest BCUT2D eigenvalue weighted by atomic mass is 10.00. The lowest BCUT2D eigenvalue weighted by molar-refractivity contribution is -0.0878. The summed E-state index contributed by atoms with van der Waals surface area (Å²) in [5.41, 5.74) is 9.00. The van der Waals surface area contributed by atoms with Crippen molar-refractivity contribution < 1.29 is 13.2 Å². The van der Waals surface area contributed by atoms with Crippen LogP contribution in [0, 0.1) is 0 Å². The van der Waals surface area contributed by atoms with Gasteiger partial charge in [-0.25, -0.2) is 0 Å². The molecule has 3 nitrogen and oxygen atoms in total. The van der Waals surface area contributed by atoms with E-state index < -0.39 is 11.7 Å². The number of fused-ring (bicyclic) bond motifs is 3. The van der Waals surface area contributed by atoms with Crippen molar-refractivity contribution in [1.82, 2.24) is 9.47 Å². The molecule has 0 aliphatic carbocycles. The predicted molar refractivity (Wildman–Crippen MR) is 113 cm³/mol. The molecule has 2 N–H and O–H groups in total. The van der Waals surface area contributed by atoms with E-state index in [9.17, 15) is 13.2 Å². The zero-order valence-electron chi connectivity index (χ0n) is 16.6. The van der Waals surface area contributed by atoms with Gasteiger partial charge in [0.2, 0.25) is 0 Å². The molecule has 1 aromatic carbocycles. The highest BCUT2D eigenvalue weighted by atomic mass is 35.5. The first-order valence-electron chi connectivity index (χ1n) is 9.46. The number of hydrogen-bond donors (Lipinski definition) is 1. The molecule has 1 unspecified atom stereocenters. The fraction of sp³-hybridized carbons (Fsp3) is 0.364. The lowest BCUT2D eigenvalue weighted by Crippen LogP contribution is -2.35. The summed E-state index contributed by atoms with van der Waals surface area (Å²) in [5, 5.41) is 1.82. The second-order valence-corrected chi connectivity index (χ2v) is 7.99. The van der Waals surface area contributed by atoms with Gasteiger partial charge in [0.05, 0.1) is 0 Å². The molecule has 0 fully saturated rings. The van der Waals surface area contributed by atoms with Crippen LogP contribution in [0.25, 0.3) is 10.9 Å². The Labute approximate surface area is 173 Å². The Morgan fingerprint density at radius 3 is 2.72 bits per heavy atom. The number of aryl methyl sites for hydroxylation is 1. The van der Waals surface area contributed by atoms with E-state index in [1.807, 2.05) is 18.2 Å². The zero-order chi connectivity index (χ0) is 21.3. The van der Waals surface area contributed by atoms with Gasteiger partial charge in [-0.05, 0) is 55.9 Å². The van der Waals surface area contributed by atoms with Gasteiger partial charge in [-0.2, -0.15) is 13.2 Å². The van der Waals surface area contributed by atoms with Gasteiger partial charge in [-0.3, -0.25) is 4.90 Å². The van der Waals surface area contributed by atoms with Gasteiger partial charge in [-0.15, -0.1) is 0 Å². The van der Waals surface area contributed by atoms with Gasteiger partial charge in [0.25, 0.3) is 0 Å². The van der Waals surface area contributed by atoms with E-state index in [1.165, 1.54) is 23.5 Å². The molecule has 29 heavy (non-hydrogen) atoms.